The van der Waals surface area contributed by atoms with E-state index in [0.717, 1.165) is 28.0 Å². The maximum atomic E-state index is 10.9. The molecule has 0 bridgehead atoms. The van der Waals surface area contributed by atoms with Gasteiger partial charge in [0.1, 0.15) is 17.0 Å². The SMILES string of the molecule is CCOc1ccc(N[C@H](c2cccnc2)c2ccc3cccnc3c2O)cc1. The first-order valence-electron chi connectivity index (χ1n) is 9.22. The number of pyridine rings is 2. The smallest absolute Gasteiger partial charge is 0.147 e. The Hall–Kier alpha value is -3.60. The van der Waals surface area contributed by atoms with Crippen molar-refractivity contribution in [3.8, 4) is 11.5 Å². The Labute approximate surface area is 163 Å². The van der Waals surface area contributed by atoms with Crippen molar-refractivity contribution in [2.75, 3.05) is 11.9 Å². The van der Waals surface area contributed by atoms with Gasteiger partial charge in [-0.3, -0.25) is 9.97 Å². The van der Waals surface area contributed by atoms with E-state index < -0.39 is 0 Å². The van der Waals surface area contributed by atoms with Gasteiger partial charge in [-0.2, -0.15) is 0 Å². The normalized spacial score (nSPS) is 11.9. The average Bonchev–Trinajstić information content (AvgIpc) is 2.75. The Kier molecular flexibility index (Phi) is 5.06. The highest BCUT2D eigenvalue weighted by atomic mass is 16.5. The van der Waals surface area contributed by atoms with Crippen molar-refractivity contribution in [3.63, 3.8) is 0 Å². The van der Waals surface area contributed by atoms with E-state index in [0.29, 0.717) is 12.1 Å². The zero-order chi connectivity index (χ0) is 19.3. The van der Waals surface area contributed by atoms with E-state index in [2.05, 4.69) is 15.3 Å². The second-order valence-electron chi connectivity index (χ2n) is 6.40. The Morgan fingerprint density at radius 1 is 1.00 bits per heavy atom. The number of phenols is 1. The third-order valence-corrected chi connectivity index (χ3v) is 4.58. The summed E-state index contributed by atoms with van der Waals surface area (Å²) in [5, 5.41) is 15.3. The van der Waals surface area contributed by atoms with Crippen LogP contribution in [-0.2, 0) is 0 Å². The minimum absolute atomic E-state index is 0.172. The number of aromatic hydroxyl groups is 1. The molecule has 0 saturated carbocycles. The summed E-state index contributed by atoms with van der Waals surface area (Å²) in [4.78, 5) is 8.59. The second kappa shape index (κ2) is 7.96. The van der Waals surface area contributed by atoms with Gasteiger partial charge in [0, 0.05) is 35.2 Å². The van der Waals surface area contributed by atoms with E-state index in [9.17, 15) is 5.11 Å². The highest BCUT2D eigenvalue weighted by molar-refractivity contribution is 5.86. The van der Waals surface area contributed by atoms with Gasteiger partial charge in [-0.1, -0.05) is 24.3 Å². The van der Waals surface area contributed by atoms with Gasteiger partial charge in [-0.25, -0.2) is 0 Å². The monoisotopic (exact) mass is 371 g/mol. The third-order valence-electron chi connectivity index (χ3n) is 4.58. The lowest BCUT2D eigenvalue weighted by Crippen LogP contribution is -2.13. The maximum absolute atomic E-state index is 10.9. The van der Waals surface area contributed by atoms with Gasteiger partial charge in [-0.05, 0) is 48.9 Å². The number of nitrogens with one attached hydrogen (secondary N) is 1. The zero-order valence-electron chi connectivity index (χ0n) is 15.5. The summed E-state index contributed by atoms with van der Waals surface area (Å²) in [5.41, 5.74) is 3.19. The van der Waals surface area contributed by atoms with Crippen molar-refractivity contribution < 1.29 is 9.84 Å². The minimum Gasteiger partial charge on any atom is -0.505 e. The van der Waals surface area contributed by atoms with Crippen LogP contribution in [0.25, 0.3) is 10.9 Å². The van der Waals surface area contributed by atoms with Crippen LogP contribution >= 0.6 is 0 Å². The first-order chi connectivity index (χ1) is 13.8. The minimum atomic E-state index is -0.280. The van der Waals surface area contributed by atoms with Crippen LogP contribution in [0.3, 0.4) is 0 Å². The Bertz CT molecular complexity index is 1070. The van der Waals surface area contributed by atoms with Crippen LogP contribution in [-0.4, -0.2) is 21.7 Å². The molecule has 0 spiro atoms. The molecule has 5 heteroatoms. The van der Waals surface area contributed by atoms with Crippen LogP contribution in [0.2, 0.25) is 0 Å². The molecule has 0 aliphatic carbocycles. The average molecular weight is 371 g/mol. The zero-order valence-corrected chi connectivity index (χ0v) is 15.5. The van der Waals surface area contributed by atoms with E-state index in [4.69, 9.17) is 4.74 Å². The summed E-state index contributed by atoms with van der Waals surface area (Å²) in [6.07, 6.45) is 5.22. The number of phenolic OH excluding ortho intramolecular Hbond substituents is 1. The molecule has 28 heavy (non-hydrogen) atoms. The second-order valence-corrected chi connectivity index (χ2v) is 6.40. The Morgan fingerprint density at radius 2 is 1.82 bits per heavy atom. The number of anilines is 1. The number of rotatable bonds is 6. The first kappa shape index (κ1) is 17.8. The van der Waals surface area contributed by atoms with Crippen molar-refractivity contribution in [3.05, 3.63) is 90.4 Å². The van der Waals surface area contributed by atoms with Crippen molar-refractivity contribution in [2.45, 2.75) is 13.0 Å². The molecule has 1 atom stereocenters. The number of nitrogens with zero attached hydrogens (tertiary/aromatic N) is 2. The third kappa shape index (κ3) is 3.60. The lowest BCUT2D eigenvalue weighted by atomic mass is 9.97. The Morgan fingerprint density at radius 3 is 2.57 bits per heavy atom. The largest absolute Gasteiger partial charge is 0.505 e. The quantitative estimate of drug-likeness (QED) is 0.503. The summed E-state index contributed by atoms with van der Waals surface area (Å²) < 4.78 is 5.52. The van der Waals surface area contributed by atoms with Gasteiger partial charge in [0.2, 0.25) is 0 Å². The predicted octanol–water partition coefficient (Wildman–Crippen LogP) is 4.94. The van der Waals surface area contributed by atoms with Gasteiger partial charge in [0.25, 0.3) is 0 Å². The number of hydrogen-bond donors (Lipinski definition) is 2. The molecule has 0 amide bonds. The fourth-order valence-electron chi connectivity index (χ4n) is 3.25. The van der Waals surface area contributed by atoms with Crippen LogP contribution in [0.1, 0.15) is 24.1 Å². The van der Waals surface area contributed by atoms with Gasteiger partial charge >= 0.3 is 0 Å². The van der Waals surface area contributed by atoms with Crippen molar-refractivity contribution in [1.29, 1.82) is 0 Å². The maximum Gasteiger partial charge on any atom is 0.147 e. The van der Waals surface area contributed by atoms with E-state index in [1.54, 1.807) is 18.6 Å². The molecule has 5 nitrogen and oxygen atoms in total. The molecule has 0 aliphatic rings. The van der Waals surface area contributed by atoms with Crippen LogP contribution < -0.4 is 10.1 Å². The highest BCUT2D eigenvalue weighted by Gasteiger charge is 2.20. The van der Waals surface area contributed by atoms with Crippen LogP contribution in [0.5, 0.6) is 11.5 Å². The van der Waals surface area contributed by atoms with Crippen molar-refractivity contribution in [2.24, 2.45) is 0 Å². The van der Waals surface area contributed by atoms with Crippen molar-refractivity contribution >= 4 is 16.6 Å². The number of aromatic nitrogens is 2. The lowest BCUT2D eigenvalue weighted by Gasteiger charge is -2.22. The Balaban J connectivity index is 1.75. The molecule has 2 N–H and O–H groups in total. The highest BCUT2D eigenvalue weighted by Crippen LogP contribution is 2.36. The molecule has 2 aromatic carbocycles. The van der Waals surface area contributed by atoms with E-state index in [1.165, 1.54) is 0 Å². The molecule has 2 heterocycles. The summed E-state index contributed by atoms with van der Waals surface area (Å²) in [6.45, 7) is 2.59. The molecular formula is C23H21N3O2. The lowest BCUT2D eigenvalue weighted by molar-refractivity contribution is 0.340. The number of fused-ring (bicyclic) bond motifs is 1. The summed E-state index contributed by atoms with van der Waals surface area (Å²) in [5.74, 6) is 0.995. The van der Waals surface area contributed by atoms with Crippen LogP contribution in [0, 0.1) is 0 Å². The van der Waals surface area contributed by atoms with Crippen LogP contribution in [0.15, 0.2) is 79.3 Å². The van der Waals surface area contributed by atoms with Gasteiger partial charge in [-0.15, -0.1) is 0 Å². The number of hydrogen-bond acceptors (Lipinski definition) is 5. The number of benzene rings is 2. The molecule has 4 rings (SSSR count). The van der Waals surface area contributed by atoms with E-state index in [1.807, 2.05) is 67.6 Å². The molecular weight excluding hydrogens is 350 g/mol. The summed E-state index contributed by atoms with van der Waals surface area (Å²) in [6, 6.07) is 19.1. The first-order valence-corrected chi connectivity index (χ1v) is 9.22. The molecule has 0 unspecified atom stereocenters. The molecule has 2 aromatic heterocycles. The number of ether oxygens (including phenoxy) is 1. The van der Waals surface area contributed by atoms with Crippen LogP contribution in [0.4, 0.5) is 5.69 Å². The van der Waals surface area contributed by atoms with Crippen molar-refractivity contribution in [1.82, 2.24) is 9.97 Å². The fourth-order valence-corrected chi connectivity index (χ4v) is 3.25. The molecule has 0 radical (unpaired) electrons. The van der Waals surface area contributed by atoms with Gasteiger partial charge in [0.15, 0.2) is 0 Å². The fraction of sp³-hybridized carbons (Fsp3) is 0.130. The molecule has 0 fully saturated rings. The summed E-state index contributed by atoms with van der Waals surface area (Å²) >= 11 is 0. The topological polar surface area (TPSA) is 67.3 Å². The predicted molar refractivity (Wildman–Crippen MR) is 111 cm³/mol. The standard InChI is InChI=1S/C23H21N3O2/c1-2-28-19-10-8-18(9-11-19)26-21(17-6-3-13-24-15-17)20-12-7-16-5-4-14-25-22(16)23(20)27/h3-15,21,26-27H,2H2,1H3/t21-/m1/s1. The molecule has 4 aromatic rings. The van der Waals surface area contributed by atoms with E-state index in [-0.39, 0.29) is 11.8 Å². The van der Waals surface area contributed by atoms with E-state index >= 15 is 0 Å². The van der Waals surface area contributed by atoms with Gasteiger partial charge < -0.3 is 15.2 Å². The summed E-state index contributed by atoms with van der Waals surface area (Å²) in [7, 11) is 0. The molecule has 0 aliphatic heterocycles. The van der Waals surface area contributed by atoms with Gasteiger partial charge in [0.05, 0.1) is 12.6 Å². The molecule has 0 saturated heterocycles. The molecule has 140 valence electrons.